The van der Waals surface area contributed by atoms with Crippen molar-refractivity contribution < 1.29 is 8.42 Å². The number of nitriles is 2. The third-order valence-corrected chi connectivity index (χ3v) is 4.18. The van der Waals surface area contributed by atoms with Gasteiger partial charge in [0.25, 0.3) is 10.0 Å². The molecule has 2 rings (SSSR count). The van der Waals surface area contributed by atoms with Gasteiger partial charge in [-0.25, -0.2) is 13.4 Å². The van der Waals surface area contributed by atoms with E-state index in [2.05, 4.69) is 9.71 Å². The van der Waals surface area contributed by atoms with E-state index in [9.17, 15) is 8.42 Å². The predicted octanol–water partition coefficient (Wildman–Crippen LogP) is 2.28. The molecule has 0 unspecified atom stereocenters. The molecule has 1 aromatic carbocycles. The molecular weight excluding hydrogens is 312 g/mol. The summed E-state index contributed by atoms with van der Waals surface area (Å²) in [5.74, 6) is 0. The van der Waals surface area contributed by atoms with Gasteiger partial charge in [-0.2, -0.15) is 10.5 Å². The molecule has 1 heterocycles. The zero-order valence-corrected chi connectivity index (χ0v) is 12.0. The summed E-state index contributed by atoms with van der Waals surface area (Å²) in [5.41, 5.74) is 0.596. The number of anilines is 1. The van der Waals surface area contributed by atoms with Crippen LogP contribution < -0.4 is 4.72 Å². The molecule has 2 aromatic rings. The lowest BCUT2D eigenvalue weighted by Gasteiger charge is -2.08. The van der Waals surface area contributed by atoms with Gasteiger partial charge in [-0.05, 0) is 30.3 Å². The third kappa shape index (κ3) is 3.29. The normalized spacial score (nSPS) is 10.4. The van der Waals surface area contributed by atoms with Crippen molar-refractivity contribution in [2.75, 3.05) is 4.72 Å². The van der Waals surface area contributed by atoms with Gasteiger partial charge in [0.2, 0.25) is 0 Å². The summed E-state index contributed by atoms with van der Waals surface area (Å²) in [4.78, 5) is 3.62. The first-order valence-corrected chi connectivity index (χ1v) is 7.41. The highest BCUT2D eigenvalue weighted by atomic mass is 35.5. The molecule has 0 aliphatic heterocycles. The quantitative estimate of drug-likeness (QED) is 0.934. The van der Waals surface area contributed by atoms with Crippen molar-refractivity contribution in [3.8, 4) is 12.1 Å². The smallest absolute Gasteiger partial charge is 0.263 e. The van der Waals surface area contributed by atoms with Gasteiger partial charge in [-0.3, -0.25) is 4.72 Å². The van der Waals surface area contributed by atoms with Crippen LogP contribution in [0.5, 0.6) is 0 Å². The lowest BCUT2D eigenvalue weighted by Crippen LogP contribution is -2.13. The van der Waals surface area contributed by atoms with Crippen LogP contribution in [0, 0.1) is 22.7 Å². The standard InChI is InChI=1S/C13H7ClN4O2S/c14-13-5-10(2-1-9(13)6-15)18-21(19,20)12-4-3-11(7-16)17-8-12/h1-5,8,18H. The SMILES string of the molecule is N#Cc1ccc(S(=O)(=O)Nc2ccc(C#N)c(Cl)c2)cn1. The number of benzene rings is 1. The molecule has 0 saturated heterocycles. The van der Waals surface area contributed by atoms with Crippen LogP contribution in [0.3, 0.4) is 0 Å². The molecule has 0 atom stereocenters. The monoisotopic (exact) mass is 318 g/mol. The van der Waals surface area contributed by atoms with E-state index in [1.807, 2.05) is 6.07 Å². The van der Waals surface area contributed by atoms with E-state index >= 15 is 0 Å². The maximum atomic E-state index is 12.1. The van der Waals surface area contributed by atoms with Crippen molar-refractivity contribution in [3.63, 3.8) is 0 Å². The maximum Gasteiger partial charge on any atom is 0.263 e. The zero-order chi connectivity index (χ0) is 15.5. The Morgan fingerprint density at radius 3 is 2.43 bits per heavy atom. The number of pyridine rings is 1. The molecule has 6 nitrogen and oxygen atoms in total. The van der Waals surface area contributed by atoms with Crippen molar-refractivity contribution >= 4 is 27.3 Å². The summed E-state index contributed by atoms with van der Waals surface area (Å²) in [6, 6.07) is 10.4. The van der Waals surface area contributed by atoms with Crippen LogP contribution in [0.15, 0.2) is 41.4 Å². The van der Waals surface area contributed by atoms with E-state index < -0.39 is 10.0 Å². The van der Waals surface area contributed by atoms with E-state index in [0.29, 0.717) is 0 Å². The molecule has 0 radical (unpaired) electrons. The first kappa shape index (κ1) is 14.8. The van der Waals surface area contributed by atoms with Gasteiger partial charge in [0, 0.05) is 6.20 Å². The second-order valence-corrected chi connectivity index (χ2v) is 5.99. The van der Waals surface area contributed by atoms with E-state index in [-0.39, 0.29) is 26.9 Å². The Morgan fingerprint density at radius 2 is 1.90 bits per heavy atom. The number of sulfonamides is 1. The van der Waals surface area contributed by atoms with Gasteiger partial charge in [0.1, 0.15) is 22.7 Å². The van der Waals surface area contributed by atoms with Gasteiger partial charge in [0.05, 0.1) is 16.3 Å². The van der Waals surface area contributed by atoms with E-state index in [4.69, 9.17) is 22.1 Å². The summed E-state index contributed by atoms with van der Waals surface area (Å²) in [6.45, 7) is 0. The summed E-state index contributed by atoms with van der Waals surface area (Å²) < 4.78 is 26.6. The summed E-state index contributed by atoms with van der Waals surface area (Å²) in [7, 11) is -3.84. The van der Waals surface area contributed by atoms with E-state index in [0.717, 1.165) is 6.20 Å². The zero-order valence-electron chi connectivity index (χ0n) is 10.4. The van der Waals surface area contributed by atoms with Crippen LogP contribution in [-0.4, -0.2) is 13.4 Å². The molecule has 21 heavy (non-hydrogen) atoms. The van der Waals surface area contributed by atoms with Gasteiger partial charge < -0.3 is 0 Å². The Balaban J connectivity index is 2.31. The lowest BCUT2D eigenvalue weighted by atomic mass is 10.2. The van der Waals surface area contributed by atoms with Gasteiger partial charge in [-0.1, -0.05) is 11.6 Å². The number of nitrogens with zero attached hydrogens (tertiary/aromatic N) is 3. The number of hydrogen-bond acceptors (Lipinski definition) is 5. The topological polar surface area (TPSA) is 107 Å². The van der Waals surface area contributed by atoms with Crippen LogP contribution in [0.4, 0.5) is 5.69 Å². The molecule has 1 aromatic heterocycles. The Hall–Kier alpha value is -2.61. The Kier molecular flexibility index (Phi) is 4.08. The Labute approximate surface area is 126 Å². The molecule has 8 heteroatoms. The minimum absolute atomic E-state index is 0.0815. The number of halogens is 1. The van der Waals surface area contributed by atoms with Crippen molar-refractivity contribution in [2.24, 2.45) is 0 Å². The van der Waals surface area contributed by atoms with Crippen LogP contribution in [-0.2, 0) is 10.0 Å². The number of rotatable bonds is 3. The average molecular weight is 319 g/mol. The highest BCUT2D eigenvalue weighted by molar-refractivity contribution is 7.92. The van der Waals surface area contributed by atoms with Gasteiger partial charge in [0.15, 0.2) is 0 Å². The summed E-state index contributed by atoms with van der Waals surface area (Å²) in [6.07, 6.45) is 1.09. The fourth-order valence-corrected chi connectivity index (χ4v) is 2.71. The first-order valence-electron chi connectivity index (χ1n) is 5.55. The molecule has 0 spiro atoms. The fraction of sp³-hybridized carbons (Fsp3) is 0. The van der Waals surface area contributed by atoms with Crippen LogP contribution in [0.2, 0.25) is 5.02 Å². The fourth-order valence-electron chi connectivity index (χ4n) is 1.49. The molecule has 0 aliphatic carbocycles. The van der Waals surface area contributed by atoms with E-state index in [1.165, 1.54) is 30.3 Å². The van der Waals surface area contributed by atoms with Crippen molar-refractivity contribution in [2.45, 2.75) is 4.90 Å². The molecule has 0 fully saturated rings. The second-order valence-electron chi connectivity index (χ2n) is 3.90. The molecule has 1 N–H and O–H groups in total. The maximum absolute atomic E-state index is 12.1. The highest BCUT2D eigenvalue weighted by Gasteiger charge is 2.15. The summed E-state index contributed by atoms with van der Waals surface area (Å²) >= 11 is 5.84. The van der Waals surface area contributed by atoms with Crippen LogP contribution in [0.1, 0.15) is 11.3 Å². The molecule has 104 valence electrons. The van der Waals surface area contributed by atoms with Crippen molar-refractivity contribution in [3.05, 3.63) is 52.8 Å². The average Bonchev–Trinajstić information content (AvgIpc) is 2.47. The largest absolute Gasteiger partial charge is 0.280 e. The number of nitrogens with one attached hydrogen (secondary N) is 1. The number of hydrogen-bond donors (Lipinski definition) is 1. The minimum Gasteiger partial charge on any atom is -0.280 e. The Bertz CT molecular complexity index is 865. The van der Waals surface area contributed by atoms with Crippen LogP contribution in [0.25, 0.3) is 0 Å². The molecule has 0 bridgehead atoms. The van der Waals surface area contributed by atoms with E-state index in [1.54, 1.807) is 6.07 Å². The predicted molar refractivity (Wildman–Crippen MR) is 75.9 cm³/mol. The van der Waals surface area contributed by atoms with Crippen LogP contribution >= 0.6 is 11.6 Å². The first-order chi connectivity index (χ1) is 9.96. The molecule has 0 aliphatic rings. The number of aromatic nitrogens is 1. The second kappa shape index (κ2) is 5.80. The molecular formula is C13H7ClN4O2S. The lowest BCUT2D eigenvalue weighted by molar-refractivity contribution is 0.601. The summed E-state index contributed by atoms with van der Waals surface area (Å²) in [5, 5.41) is 17.5. The van der Waals surface area contributed by atoms with Crippen molar-refractivity contribution in [1.29, 1.82) is 10.5 Å². The highest BCUT2D eigenvalue weighted by Crippen LogP contribution is 2.22. The third-order valence-electron chi connectivity index (χ3n) is 2.50. The molecule has 0 saturated carbocycles. The minimum atomic E-state index is -3.84. The Morgan fingerprint density at radius 1 is 1.14 bits per heavy atom. The van der Waals surface area contributed by atoms with Crippen molar-refractivity contribution in [1.82, 2.24) is 4.98 Å². The molecule has 0 amide bonds. The van der Waals surface area contributed by atoms with Gasteiger partial charge >= 0.3 is 0 Å². The van der Waals surface area contributed by atoms with Gasteiger partial charge in [-0.15, -0.1) is 0 Å².